The molecule has 1 amide bonds. The quantitative estimate of drug-likeness (QED) is 0.662. The topological polar surface area (TPSA) is 86.6 Å². The minimum Gasteiger partial charge on any atom is -0.330 e. The summed E-state index contributed by atoms with van der Waals surface area (Å²) in [6, 6.07) is 7.76. The average molecular weight is 449 g/mol. The van der Waals surface area contributed by atoms with Gasteiger partial charge in [0, 0.05) is 42.5 Å². The maximum atomic E-state index is 13.1. The van der Waals surface area contributed by atoms with Crippen LogP contribution in [0, 0.1) is 6.92 Å². The molecule has 0 saturated carbocycles. The summed E-state index contributed by atoms with van der Waals surface area (Å²) in [6.45, 7) is 9.12. The van der Waals surface area contributed by atoms with Gasteiger partial charge in [-0.3, -0.25) is 19.7 Å². The fourth-order valence-corrected chi connectivity index (χ4v) is 5.21. The Morgan fingerprint density at radius 2 is 1.91 bits per heavy atom. The summed E-state index contributed by atoms with van der Waals surface area (Å²) in [5.41, 5.74) is 3.77. The van der Waals surface area contributed by atoms with Crippen LogP contribution in [0.3, 0.4) is 0 Å². The third kappa shape index (κ3) is 4.19. The van der Waals surface area contributed by atoms with Crippen LogP contribution in [-0.2, 0) is 0 Å². The molecule has 2 aliphatic rings. The number of H-pyrrole nitrogens is 1. The predicted molar refractivity (Wildman–Crippen MR) is 126 cm³/mol. The van der Waals surface area contributed by atoms with Gasteiger partial charge < -0.3 is 9.80 Å². The first kappa shape index (κ1) is 21.8. The second kappa shape index (κ2) is 8.74. The van der Waals surface area contributed by atoms with Crippen molar-refractivity contribution in [2.45, 2.75) is 64.5 Å². The van der Waals surface area contributed by atoms with Gasteiger partial charge in [0.25, 0.3) is 11.5 Å². The molecule has 0 radical (unpaired) electrons. The number of carbonyl (C=O) groups excluding carboxylic acids is 1. The third-order valence-corrected chi connectivity index (χ3v) is 7.20. The van der Waals surface area contributed by atoms with Crippen molar-refractivity contribution in [1.29, 1.82) is 0 Å². The molecule has 0 aliphatic carbocycles. The largest absolute Gasteiger partial charge is 0.330 e. The SMILES string of the molecule is Cc1ccc(C(=O)N2CCC[C@H]2c2cc3nc(C4CCN(C(C)C)CC4)cc(=O)n3[nH]2)cn1. The van der Waals surface area contributed by atoms with Crippen LogP contribution in [0.5, 0.6) is 0 Å². The van der Waals surface area contributed by atoms with Crippen LogP contribution >= 0.6 is 0 Å². The maximum absolute atomic E-state index is 13.1. The molecule has 33 heavy (non-hydrogen) atoms. The van der Waals surface area contributed by atoms with E-state index in [4.69, 9.17) is 4.98 Å². The summed E-state index contributed by atoms with van der Waals surface area (Å²) in [5.74, 6) is 0.288. The molecule has 8 nitrogen and oxygen atoms in total. The number of rotatable bonds is 4. The van der Waals surface area contributed by atoms with Crippen LogP contribution in [0.25, 0.3) is 5.65 Å². The number of aryl methyl sites for hydroxylation is 1. The maximum Gasteiger partial charge on any atom is 0.272 e. The van der Waals surface area contributed by atoms with Crippen molar-refractivity contribution in [2.24, 2.45) is 0 Å². The minimum absolute atomic E-state index is 0.0263. The van der Waals surface area contributed by atoms with Crippen molar-refractivity contribution in [3.8, 4) is 0 Å². The van der Waals surface area contributed by atoms with Gasteiger partial charge in [-0.25, -0.2) is 9.50 Å². The van der Waals surface area contributed by atoms with Crippen LogP contribution in [0.1, 0.15) is 78.9 Å². The van der Waals surface area contributed by atoms with Crippen LogP contribution in [-0.4, -0.2) is 61.0 Å². The van der Waals surface area contributed by atoms with Crippen molar-refractivity contribution in [3.63, 3.8) is 0 Å². The standard InChI is InChI=1S/C25H32N6O2/c1-16(2)29-11-8-18(9-12-29)20-14-24(32)31-23(27-20)13-21(28-31)22-5-4-10-30(22)25(33)19-7-6-17(3)26-15-19/h6-7,13-16,18,22,28H,4-5,8-12H2,1-3H3/t22-/m0/s1. The molecule has 2 fully saturated rings. The van der Waals surface area contributed by atoms with E-state index in [2.05, 4.69) is 28.8 Å². The highest BCUT2D eigenvalue weighted by Crippen LogP contribution is 2.33. The molecule has 174 valence electrons. The van der Waals surface area contributed by atoms with Gasteiger partial charge >= 0.3 is 0 Å². The average Bonchev–Trinajstić information content (AvgIpc) is 3.46. The molecule has 0 spiro atoms. The smallest absolute Gasteiger partial charge is 0.272 e. The number of hydrogen-bond donors (Lipinski definition) is 1. The second-order valence-corrected chi connectivity index (χ2v) is 9.67. The van der Waals surface area contributed by atoms with Gasteiger partial charge in [-0.2, -0.15) is 0 Å². The van der Waals surface area contributed by atoms with E-state index in [1.54, 1.807) is 12.3 Å². The van der Waals surface area contributed by atoms with Gasteiger partial charge in [0.05, 0.1) is 23.0 Å². The number of aromatic nitrogens is 4. The lowest BCUT2D eigenvalue weighted by molar-refractivity contribution is 0.0732. The molecule has 3 aromatic rings. The Labute approximate surface area is 193 Å². The lowest BCUT2D eigenvalue weighted by atomic mass is 9.92. The van der Waals surface area contributed by atoms with E-state index in [1.807, 2.05) is 30.0 Å². The predicted octanol–water partition coefficient (Wildman–Crippen LogP) is 3.29. The molecule has 0 bridgehead atoms. The number of carbonyl (C=O) groups is 1. The number of likely N-dealkylation sites (tertiary alicyclic amines) is 2. The number of nitrogens with zero attached hydrogens (tertiary/aromatic N) is 5. The zero-order chi connectivity index (χ0) is 23.1. The Morgan fingerprint density at radius 1 is 1.12 bits per heavy atom. The fourth-order valence-electron chi connectivity index (χ4n) is 5.21. The van der Waals surface area contributed by atoms with Gasteiger partial charge in [-0.1, -0.05) is 0 Å². The van der Waals surface area contributed by atoms with E-state index in [-0.39, 0.29) is 17.5 Å². The van der Waals surface area contributed by atoms with Gasteiger partial charge in [-0.05, 0) is 71.7 Å². The minimum atomic E-state index is -0.0994. The first-order chi connectivity index (χ1) is 15.9. The Balaban J connectivity index is 1.40. The Kier molecular flexibility index (Phi) is 5.78. The molecule has 1 N–H and O–H groups in total. The first-order valence-corrected chi connectivity index (χ1v) is 12.0. The molecular formula is C25H32N6O2. The van der Waals surface area contributed by atoms with Gasteiger partial charge in [0.2, 0.25) is 0 Å². The summed E-state index contributed by atoms with van der Waals surface area (Å²) in [4.78, 5) is 39.5. The van der Waals surface area contributed by atoms with Crippen LogP contribution in [0.15, 0.2) is 35.3 Å². The lowest BCUT2D eigenvalue weighted by Gasteiger charge is -2.34. The van der Waals surface area contributed by atoms with E-state index in [0.29, 0.717) is 29.7 Å². The number of pyridine rings is 1. The van der Waals surface area contributed by atoms with Crippen LogP contribution in [0.4, 0.5) is 0 Å². The number of nitrogens with one attached hydrogen (secondary N) is 1. The number of aromatic amines is 1. The third-order valence-electron chi connectivity index (χ3n) is 7.20. The molecule has 2 aliphatic heterocycles. The highest BCUT2D eigenvalue weighted by Gasteiger charge is 2.32. The molecular weight excluding hydrogens is 416 g/mol. The number of hydrogen-bond acceptors (Lipinski definition) is 5. The molecule has 0 aromatic carbocycles. The van der Waals surface area contributed by atoms with E-state index >= 15 is 0 Å². The normalized spacial score (nSPS) is 20.2. The molecule has 0 unspecified atom stereocenters. The Morgan fingerprint density at radius 3 is 2.61 bits per heavy atom. The molecule has 5 heterocycles. The van der Waals surface area contributed by atoms with Crippen molar-refractivity contribution in [2.75, 3.05) is 19.6 Å². The van der Waals surface area contributed by atoms with E-state index in [1.165, 1.54) is 4.52 Å². The van der Waals surface area contributed by atoms with Crippen LogP contribution in [0.2, 0.25) is 0 Å². The molecule has 3 aromatic heterocycles. The Hall–Kier alpha value is -3.00. The molecule has 2 saturated heterocycles. The summed E-state index contributed by atoms with van der Waals surface area (Å²) in [6.07, 6.45) is 5.46. The monoisotopic (exact) mass is 448 g/mol. The summed E-state index contributed by atoms with van der Waals surface area (Å²) in [7, 11) is 0. The molecule has 8 heteroatoms. The highest BCUT2D eigenvalue weighted by atomic mass is 16.2. The zero-order valence-electron chi connectivity index (χ0n) is 19.6. The molecule has 5 rings (SSSR count). The summed E-state index contributed by atoms with van der Waals surface area (Å²) >= 11 is 0. The van der Waals surface area contributed by atoms with Gasteiger partial charge in [0.1, 0.15) is 0 Å². The van der Waals surface area contributed by atoms with E-state index in [0.717, 1.165) is 55.9 Å². The number of fused-ring (bicyclic) bond motifs is 1. The van der Waals surface area contributed by atoms with Gasteiger partial charge in [0.15, 0.2) is 5.65 Å². The van der Waals surface area contributed by atoms with Crippen LogP contribution < -0.4 is 5.56 Å². The van der Waals surface area contributed by atoms with Crippen molar-refractivity contribution < 1.29 is 4.79 Å². The first-order valence-electron chi connectivity index (χ1n) is 12.0. The fraction of sp³-hybridized carbons (Fsp3) is 0.520. The van der Waals surface area contributed by atoms with Gasteiger partial charge in [-0.15, -0.1) is 0 Å². The highest BCUT2D eigenvalue weighted by molar-refractivity contribution is 5.94. The Bertz CT molecular complexity index is 1200. The summed E-state index contributed by atoms with van der Waals surface area (Å²) < 4.78 is 1.51. The molecule has 1 atom stereocenters. The van der Waals surface area contributed by atoms with Crippen molar-refractivity contribution in [1.82, 2.24) is 29.4 Å². The van der Waals surface area contributed by atoms with Crippen molar-refractivity contribution in [3.05, 3.63) is 63.5 Å². The lowest BCUT2D eigenvalue weighted by Crippen LogP contribution is -2.38. The van der Waals surface area contributed by atoms with E-state index < -0.39 is 0 Å². The van der Waals surface area contributed by atoms with E-state index in [9.17, 15) is 9.59 Å². The number of piperidine rings is 1. The zero-order valence-corrected chi connectivity index (χ0v) is 19.6. The number of amides is 1. The summed E-state index contributed by atoms with van der Waals surface area (Å²) in [5, 5.41) is 3.23. The second-order valence-electron chi connectivity index (χ2n) is 9.67. The van der Waals surface area contributed by atoms with Crippen molar-refractivity contribution >= 4 is 11.6 Å².